The van der Waals surface area contributed by atoms with E-state index in [-0.39, 0.29) is 11.5 Å². The number of aromatic amines is 1. The number of Topliss-reactive ketones (excluding diaryl/α,β-unsaturated/α-hetero) is 1. The zero-order valence-electron chi connectivity index (χ0n) is 13.6. The highest BCUT2D eigenvalue weighted by molar-refractivity contribution is 7.99. The Balaban J connectivity index is 1.74. The van der Waals surface area contributed by atoms with E-state index in [1.54, 1.807) is 6.92 Å². The summed E-state index contributed by atoms with van der Waals surface area (Å²) < 4.78 is 39.1. The number of aromatic nitrogens is 3. The molecule has 0 atom stereocenters. The van der Waals surface area contributed by atoms with Crippen molar-refractivity contribution in [3.63, 3.8) is 0 Å². The molecule has 2 aromatic heterocycles. The fourth-order valence-corrected chi connectivity index (χ4v) is 3.48. The Hall–Kier alpha value is -2.22. The van der Waals surface area contributed by atoms with Crippen molar-refractivity contribution in [3.05, 3.63) is 47.3 Å². The maximum absolute atomic E-state index is 12.7. The molecule has 0 radical (unpaired) electrons. The SMILES string of the molecule is Cc1cc(C(=O)CSc2nc3ccccc3[nH]2)c(C)n1CC(F)(F)F. The van der Waals surface area contributed by atoms with Gasteiger partial charge in [-0.2, -0.15) is 13.2 Å². The van der Waals surface area contributed by atoms with Gasteiger partial charge in [0.25, 0.3) is 0 Å². The van der Waals surface area contributed by atoms with Crippen molar-refractivity contribution < 1.29 is 18.0 Å². The van der Waals surface area contributed by atoms with Crippen LogP contribution in [-0.4, -0.2) is 32.2 Å². The predicted octanol–water partition coefficient (Wildman–Crippen LogP) is 4.52. The van der Waals surface area contributed by atoms with Crippen LogP contribution in [0.1, 0.15) is 21.7 Å². The van der Waals surface area contributed by atoms with E-state index in [0.29, 0.717) is 22.1 Å². The molecule has 8 heteroatoms. The number of nitrogens with one attached hydrogen (secondary N) is 1. The number of thioether (sulfide) groups is 1. The van der Waals surface area contributed by atoms with Crippen molar-refractivity contribution in [1.29, 1.82) is 0 Å². The molecule has 2 heterocycles. The van der Waals surface area contributed by atoms with E-state index in [1.807, 2.05) is 24.3 Å². The Kier molecular flexibility index (Phi) is 4.64. The Morgan fingerprint density at radius 2 is 2.00 bits per heavy atom. The van der Waals surface area contributed by atoms with E-state index in [0.717, 1.165) is 15.6 Å². The maximum Gasteiger partial charge on any atom is 0.406 e. The molecule has 0 bridgehead atoms. The van der Waals surface area contributed by atoms with Crippen LogP contribution < -0.4 is 0 Å². The van der Waals surface area contributed by atoms with Crippen molar-refractivity contribution >= 4 is 28.6 Å². The number of carbonyl (C=O) groups excluding carboxylic acids is 1. The largest absolute Gasteiger partial charge is 0.406 e. The molecule has 132 valence electrons. The molecular weight excluding hydrogens is 351 g/mol. The number of fused-ring (bicyclic) bond motifs is 1. The van der Waals surface area contributed by atoms with Crippen LogP contribution in [0.5, 0.6) is 0 Å². The van der Waals surface area contributed by atoms with E-state index in [4.69, 9.17) is 0 Å². The molecule has 0 aliphatic rings. The third-order valence-electron chi connectivity index (χ3n) is 3.92. The summed E-state index contributed by atoms with van der Waals surface area (Å²) in [5.74, 6) is -0.108. The standard InChI is InChI=1S/C17H16F3N3OS/c1-10-7-12(11(2)23(10)9-17(18,19)20)15(24)8-25-16-21-13-5-3-4-6-14(13)22-16/h3-7H,8-9H2,1-2H3,(H,21,22). The number of hydrogen-bond donors (Lipinski definition) is 1. The lowest BCUT2D eigenvalue weighted by atomic mass is 10.2. The van der Waals surface area contributed by atoms with Gasteiger partial charge in [0.2, 0.25) is 0 Å². The molecule has 3 rings (SSSR count). The number of nitrogens with zero attached hydrogens (tertiary/aromatic N) is 2. The van der Waals surface area contributed by atoms with Crippen LogP contribution >= 0.6 is 11.8 Å². The summed E-state index contributed by atoms with van der Waals surface area (Å²) >= 11 is 1.24. The summed E-state index contributed by atoms with van der Waals surface area (Å²) in [7, 11) is 0. The van der Waals surface area contributed by atoms with Gasteiger partial charge in [0.05, 0.1) is 16.8 Å². The van der Waals surface area contributed by atoms with Crippen molar-refractivity contribution in [2.75, 3.05) is 5.75 Å². The molecule has 0 aliphatic heterocycles. The summed E-state index contributed by atoms with van der Waals surface area (Å²) in [5.41, 5.74) is 2.77. The highest BCUT2D eigenvalue weighted by Crippen LogP contribution is 2.25. The molecule has 3 aromatic rings. The van der Waals surface area contributed by atoms with Crippen LogP contribution in [0.3, 0.4) is 0 Å². The van der Waals surface area contributed by atoms with Crippen LogP contribution in [0.25, 0.3) is 11.0 Å². The minimum atomic E-state index is -4.32. The lowest BCUT2D eigenvalue weighted by Crippen LogP contribution is -2.19. The van der Waals surface area contributed by atoms with Gasteiger partial charge in [-0.15, -0.1) is 0 Å². The lowest BCUT2D eigenvalue weighted by Gasteiger charge is -2.12. The predicted molar refractivity (Wildman–Crippen MR) is 91.1 cm³/mol. The zero-order valence-corrected chi connectivity index (χ0v) is 14.5. The van der Waals surface area contributed by atoms with Gasteiger partial charge in [0.1, 0.15) is 6.54 Å². The minimum absolute atomic E-state index is 0.107. The Labute approximate surface area is 146 Å². The van der Waals surface area contributed by atoms with Crippen molar-refractivity contribution in [1.82, 2.24) is 14.5 Å². The lowest BCUT2D eigenvalue weighted by molar-refractivity contribution is -0.141. The summed E-state index contributed by atoms with van der Waals surface area (Å²) in [4.78, 5) is 19.9. The zero-order chi connectivity index (χ0) is 18.2. The van der Waals surface area contributed by atoms with Gasteiger partial charge in [-0.05, 0) is 32.0 Å². The molecule has 0 unspecified atom stereocenters. The number of rotatable bonds is 5. The van der Waals surface area contributed by atoms with E-state index < -0.39 is 12.7 Å². The van der Waals surface area contributed by atoms with E-state index in [9.17, 15) is 18.0 Å². The minimum Gasteiger partial charge on any atom is -0.339 e. The first-order valence-electron chi connectivity index (χ1n) is 7.59. The summed E-state index contributed by atoms with van der Waals surface area (Å²) in [6.07, 6.45) is -4.32. The molecule has 0 spiro atoms. The number of aryl methyl sites for hydroxylation is 1. The summed E-state index contributed by atoms with van der Waals surface area (Å²) in [6, 6.07) is 9.03. The van der Waals surface area contributed by atoms with Crippen LogP contribution in [0.15, 0.2) is 35.5 Å². The average Bonchev–Trinajstić information content (AvgIpc) is 3.07. The first kappa shape index (κ1) is 17.6. The Morgan fingerprint density at radius 3 is 2.68 bits per heavy atom. The van der Waals surface area contributed by atoms with E-state index in [1.165, 1.54) is 24.8 Å². The number of benzene rings is 1. The Bertz CT molecular complexity index is 894. The normalized spacial score (nSPS) is 12.0. The molecule has 25 heavy (non-hydrogen) atoms. The van der Waals surface area contributed by atoms with Gasteiger partial charge < -0.3 is 9.55 Å². The second-order valence-corrected chi connectivity index (χ2v) is 6.72. The first-order chi connectivity index (χ1) is 11.7. The first-order valence-corrected chi connectivity index (χ1v) is 8.57. The number of imidazole rings is 1. The van der Waals surface area contributed by atoms with Gasteiger partial charge in [-0.1, -0.05) is 23.9 Å². The van der Waals surface area contributed by atoms with Crippen molar-refractivity contribution in [3.8, 4) is 0 Å². The second-order valence-electron chi connectivity index (χ2n) is 5.76. The van der Waals surface area contributed by atoms with Crippen molar-refractivity contribution in [2.24, 2.45) is 0 Å². The van der Waals surface area contributed by atoms with Gasteiger partial charge in [0, 0.05) is 17.0 Å². The number of H-pyrrole nitrogens is 1. The molecule has 0 fully saturated rings. The van der Waals surface area contributed by atoms with Crippen LogP contribution in [0.4, 0.5) is 13.2 Å². The smallest absolute Gasteiger partial charge is 0.339 e. The molecule has 0 aliphatic carbocycles. The summed E-state index contributed by atoms with van der Waals surface area (Å²) in [5, 5.41) is 0.610. The van der Waals surface area contributed by atoms with Gasteiger partial charge in [-0.3, -0.25) is 4.79 Å². The summed E-state index contributed by atoms with van der Waals surface area (Å²) in [6.45, 7) is 2.02. The van der Waals surface area contributed by atoms with Gasteiger partial charge in [-0.25, -0.2) is 4.98 Å². The number of carbonyl (C=O) groups is 1. The fraction of sp³-hybridized carbons (Fsp3) is 0.294. The fourth-order valence-electron chi connectivity index (χ4n) is 2.72. The molecule has 1 N–H and O–H groups in total. The molecule has 0 amide bonds. The number of hydrogen-bond acceptors (Lipinski definition) is 3. The Morgan fingerprint density at radius 1 is 1.28 bits per heavy atom. The van der Waals surface area contributed by atoms with Gasteiger partial charge >= 0.3 is 6.18 Å². The highest BCUT2D eigenvalue weighted by Gasteiger charge is 2.30. The molecule has 0 saturated carbocycles. The van der Waals surface area contributed by atoms with Crippen LogP contribution in [0.2, 0.25) is 0 Å². The highest BCUT2D eigenvalue weighted by atomic mass is 32.2. The van der Waals surface area contributed by atoms with Crippen LogP contribution in [0, 0.1) is 13.8 Å². The number of ketones is 1. The van der Waals surface area contributed by atoms with E-state index >= 15 is 0 Å². The van der Waals surface area contributed by atoms with E-state index in [2.05, 4.69) is 9.97 Å². The number of para-hydroxylation sites is 2. The molecule has 0 saturated heterocycles. The second kappa shape index (κ2) is 6.59. The third-order valence-corrected chi connectivity index (χ3v) is 4.79. The average molecular weight is 367 g/mol. The topological polar surface area (TPSA) is 50.7 Å². The number of halogens is 3. The number of alkyl halides is 3. The monoisotopic (exact) mass is 367 g/mol. The molecule has 1 aromatic carbocycles. The third kappa shape index (κ3) is 3.89. The van der Waals surface area contributed by atoms with Gasteiger partial charge in [0.15, 0.2) is 10.9 Å². The van der Waals surface area contributed by atoms with Crippen molar-refractivity contribution in [2.45, 2.75) is 31.7 Å². The quantitative estimate of drug-likeness (QED) is 0.533. The molecule has 4 nitrogen and oxygen atoms in total. The van der Waals surface area contributed by atoms with Crippen LogP contribution in [-0.2, 0) is 6.54 Å². The molecular formula is C17H16F3N3OS. The maximum atomic E-state index is 12.7.